The lowest BCUT2D eigenvalue weighted by molar-refractivity contribution is 0.0954. The van der Waals surface area contributed by atoms with Crippen LogP contribution >= 0.6 is 0 Å². The van der Waals surface area contributed by atoms with E-state index in [0.717, 1.165) is 22.7 Å². The van der Waals surface area contributed by atoms with Crippen molar-refractivity contribution in [3.63, 3.8) is 0 Å². The number of amides is 1. The van der Waals surface area contributed by atoms with Crippen molar-refractivity contribution < 1.29 is 14.3 Å². The fourth-order valence-corrected chi connectivity index (χ4v) is 2.78. The molecule has 2 N–H and O–H groups in total. The Balaban J connectivity index is 1.58. The molecule has 1 heterocycles. The highest BCUT2D eigenvalue weighted by molar-refractivity contribution is 5.94. The van der Waals surface area contributed by atoms with Crippen molar-refractivity contribution in [1.82, 2.24) is 10.3 Å². The van der Waals surface area contributed by atoms with Crippen molar-refractivity contribution in [3.8, 4) is 11.5 Å². The average molecular weight is 377 g/mol. The molecule has 28 heavy (non-hydrogen) atoms. The maximum Gasteiger partial charge on any atom is 0.251 e. The van der Waals surface area contributed by atoms with E-state index in [2.05, 4.69) is 15.6 Å². The Morgan fingerprint density at radius 2 is 1.79 bits per heavy atom. The van der Waals surface area contributed by atoms with Gasteiger partial charge in [0.1, 0.15) is 17.3 Å². The highest BCUT2D eigenvalue weighted by atomic mass is 16.5. The molecule has 0 atom stereocenters. The highest BCUT2D eigenvalue weighted by Crippen LogP contribution is 2.19. The number of benzene rings is 2. The van der Waals surface area contributed by atoms with E-state index in [1.54, 1.807) is 32.5 Å². The van der Waals surface area contributed by atoms with E-state index in [1.165, 1.54) is 0 Å². The van der Waals surface area contributed by atoms with E-state index in [1.807, 2.05) is 48.5 Å². The first-order valence-electron chi connectivity index (χ1n) is 8.97. The zero-order chi connectivity index (χ0) is 19.8. The molecular formula is C22H23N3O3. The van der Waals surface area contributed by atoms with Crippen LogP contribution in [-0.2, 0) is 6.42 Å². The number of anilines is 2. The fourth-order valence-electron chi connectivity index (χ4n) is 2.78. The summed E-state index contributed by atoms with van der Waals surface area (Å²) in [5.41, 5.74) is 2.47. The second kappa shape index (κ2) is 9.41. The minimum absolute atomic E-state index is 0.143. The minimum atomic E-state index is -0.143. The summed E-state index contributed by atoms with van der Waals surface area (Å²) < 4.78 is 10.5. The Hall–Kier alpha value is -3.54. The van der Waals surface area contributed by atoms with Crippen molar-refractivity contribution >= 4 is 17.4 Å². The summed E-state index contributed by atoms with van der Waals surface area (Å²) >= 11 is 0. The summed E-state index contributed by atoms with van der Waals surface area (Å²) in [5, 5.41) is 6.12. The predicted molar refractivity (Wildman–Crippen MR) is 110 cm³/mol. The van der Waals surface area contributed by atoms with Crippen molar-refractivity contribution in [2.45, 2.75) is 6.42 Å². The predicted octanol–water partition coefficient (Wildman–Crippen LogP) is 3.81. The zero-order valence-corrected chi connectivity index (χ0v) is 15.9. The van der Waals surface area contributed by atoms with Crippen LogP contribution in [0.2, 0.25) is 0 Å². The van der Waals surface area contributed by atoms with Gasteiger partial charge in [-0.05, 0) is 54.4 Å². The molecule has 2 aromatic carbocycles. The van der Waals surface area contributed by atoms with Gasteiger partial charge in [0.05, 0.1) is 14.2 Å². The highest BCUT2D eigenvalue weighted by Gasteiger charge is 2.08. The van der Waals surface area contributed by atoms with Gasteiger partial charge >= 0.3 is 0 Å². The van der Waals surface area contributed by atoms with Crippen LogP contribution in [0.1, 0.15) is 15.9 Å². The molecule has 0 unspecified atom stereocenters. The molecule has 1 aromatic heterocycles. The summed E-state index contributed by atoms with van der Waals surface area (Å²) in [6, 6.07) is 18.7. The number of carbonyl (C=O) groups is 1. The van der Waals surface area contributed by atoms with Crippen LogP contribution in [0.3, 0.4) is 0 Å². The third-order valence-electron chi connectivity index (χ3n) is 4.26. The minimum Gasteiger partial charge on any atom is -0.497 e. The molecule has 0 radical (unpaired) electrons. The molecule has 0 saturated heterocycles. The number of rotatable bonds is 8. The second-order valence-corrected chi connectivity index (χ2v) is 6.10. The van der Waals surface area contributed by atoms with Gasteiger partial charge in [0.2, 0.25) is 0 Å². The molecule has 144 valence electrons. The Morgan fingerprint density at radius 3 is 2.54 bits per heavy atom. The van der Waals surface area contributed by atoms with Crippen LogP contribution in [0.25, 0.3) is 0 Å². The Kier molecular flexibility index (Phi) is 6.46. The van der Waals surface area contributed by atoms with Gasteiger partial charge in [-0.2, -0.15) is 0 Å². The van der Waals surface area contributed by atoms with Crippen molar-refractivity contribution in [3.05, 3.63) is 78.0 Å². The average Bonchev–Trinajstić information content (AvgIpc) is 2.74. The second-order valence-electron chi connectivity index (χ2n) is 6.10. The van der Waals surface area contributed by atoms with Crippen molar-refractivity contribution in [2.24, 2.45) is 0 Å². The fraction of sp³-hybridized carbons (Fsp3) is 0.182. The number of ether oxygens (including phenoxy) is 2. The molecule has 0 fully saturated rings. The maximum absolute atomic E-state index is 12.5. The topological polar surface area (TPSA) is 72.5 Å². The zero-order valence-electron chi connectivity index (χ0n) is 15.9. The third kappa shape index (κ3) is 5.01. The number of para-hydroxylation sites is 1. The molecule has 0 bridgehead atoms. The monoisotopic (exact) mass is 377 g/mol. The lowest BCUT2D eigenvalue weighted by Gasteiger charge is -2.10. The smallest absolute Gasteiger partial charge is 0.251 e. The van der Waals surface area contributed by atoms with E-state index in [0.29, 0.717) is 24.3 Å². The van der Waals surface area contributed by atoms with Gasteiger partial charge < -0.3 is 20.1 Å². The van der Waals surface area contributed by atoms with Gasteiger partial charge in [0, 0.05) is 24.0 Å². The Labute approximate surface area is 164 Å². The van der Waals surface area contributed by atoms with Crippen LogP contribution in [0, 0.1) is 0 Å². The lowest BCUT2D eigenvalue weighted by atomic mass is 10.1. The molecule has 6 nitrogen and oxygen atoms in total. The van der Waals surface area contributed by atoms with E-state index in [4.69, 9.17) is 9.47 Å². The van der Waals surface area contributed by atoms with Gasteiger partial charge in [-0.3, -0.25) is 4.79 Å². The number of nitrogens with zero attached hydrogens (tertiary/aromatic N) is 1. The van der Waals surface area contributed by atoms with Gasteiger partial charge in [-0.1, -0.05) is 18.2 Å². The molecule has 0 aliphatic heterocycles. The van der Waals surface area contributed by atoms with E-state index >= 15 is 0 Å². The molecule has 0 aliphatic carbocycles. The standard InChI is InChI=1S/C22H23N3O3/c1-27-19-9-7-18(8-10-19)25-21-15-17(12-13-23-21)22(26)24-14-11-16-5-3-4-6-20(16)28-2/h3-10,12-13,15H,11,14H2,1-2H3,(H,23,25)(H,24,26). The molecule has 0 saturated carbocycles. The first-order valence-corrected chi connectivity index (χ1v) is 8.97. The molecular weight excluding hydrogens is 354 g/mol. The first kappa shape index (κ1) is 19.2. The summed E-state index contributed by atoms with van der Waals surface area (Å²) in [6.45, 7) is 0.517. The number of carbonyl (C=O) groups excluding carboxylic acids is 1. The summed E-state index contributed by atoms with van der Waals surface area (Å²) in [7, 11) is 3.27. The molecule has 0 aliphatic rings. The van der Waals surface area contributed by atoms with E-state index in [9.17, 15) is 4.79 Å². The maximum atomic E-state index is 12.5. The van der Waals surface area contributed by atoms with Gasteiger partial charge in [0.25, 0.3) is 5.91 Å². The van der Waals surface area contributed by atoms with E-state index < -0.39 is 0 Å². The van der Waals surface area contributed by atoms with Gasteiger partial charge in [0.15, 0.2) is 0 Å². The summed E-state index contributed by atoms with van der Waals surface area (Å²) in [6.07, 6.45) is 2.30. The van der Waals surface area contributed by atoms with Gasteiger partial charge in [-0.15, -0.1) is 0 Å². The number of methoxy groups -OCH3 is 2. The number of hydrogen-bond acceptors (Lipinski definition) is 5. The molecule has 6 heteroatoms. The normalized spacial score (nSPS) is 10.2. The molecule has 1 amide bonds. The Bertz CT molecular complexity index is 926. The summed E-state index contributed by atoms with van der Waals surface area (Å²) in [5.74, 6) is 2.06. The quantitative estimate of drug-likeness (QED) is 0.624. The third-order valence-corrected chi connectivity index (χ3v) is 4.26. The summed E-state index contributed by atoms with van der Waals surface area (Å²) in [4.78, 5) is 16.7. The van der Waals surface area contributed by atoms with Crippen LogP contribution < -0.4 is 20.1 Å². The number of nitrogens with one attached hydrogen (secondary N) is 2. The number of aromatic nitrogens is 1. The van der Waals surface area contributed by atoms with Crippen LogP contribution in [0.15, 0.2) is 66.9 Å². The van der Waals surface area contributed by atoms with Crippen LogP contribution in [0.5, 0.6) is 11.5 Å². The number of pyridine rings is 1. The lowest BCUT2D eigenvalue weighted by Crippen LogP contribution is -2.25. The van der Waals surface area contributed by atoms with Crippen molar-refractivity contribution in [1.29, 1.82) is 0 Å². The van der Waals surface area contributed by atoms with Gasteiger partial charge in [-0.25, -0.2) is 4.98 Å². The van der Waals surface area contributed by atoms with Crippen molar-refractivity contribution in [2.75, 3.05) is 26.1 Å². The SMILES string of the molecule is COc1ccc(Nc2cc(C(=O)NCCc3ccccc3OC)ccn2)cc1. The number of hydrogen-bond donors (Lipinski definition) is 2. The first-order chi connectivity index (χ1) is 13.7. The van der Waals surface area contributed by atoms with Crippen LogP contribution in [-0.4, -0.2) is 31.7 Å². The molecule has 3 aromatic rings. The largest absolute Gasteiger partial charge is 0.497 e. The molecule has 3 rings (SSSR count). The molecule has 0 spiro atoms. The van der Waals surface area contributed by atoms with E-state index in [-0.39, 0.29) is 5.91 Å². The Morgan fingerprint density at radius 1 is 1.00 bits per heavy atom. The van der Waals surface area contributed by atoms with Crippen LogP contribution in [0.4, 0.5) is 11.5 Å².